The van der Waals surface area contributed by atoms with Crippen LogP contribution in [-0.4, -0.2) is 36.5 Å². The van der Waals surface area contributed by atoms with Crippen LogP contribution in [-0.2, 0) is 6.54 Å². The summed E-state index contributed by atoms with van der Waals surface area (Å²) in [5.41, 5.74) is 2.66. The molecule has 1 aliphatic heterocycles. The maximum Gasteiger partial charge on any atom is 0.573 e. The van der Waals surface area contributed by atoms with Crippen LogP contribution in [0.15, 0.2) is 53.6 Å². The van der Waals surface area contributed by atoms with Gasteiger partial charge in [-0.15, -0.1) is 13.2 Å². The first-order valence-corrected chi connectivity index (χ1v) is 8.74. The molecule has 0 radical (unpaired) electrons. The quantitative estimate of drug-likeness (QED) is 0.757. The number of para-hydroxylation sites is 1. The van der Waals surface area contributed by atoms with E-state index in [4.69, 9.17) is 0 Å². The van der Waals surface area contributed by atoms with Crippen molar-refractivity contribution in [3.05, 3.63) is 59.7 Å². The highest BCUT2D eigenvalue weighted by atomic mass is 19.4. The second-order valence-corrected chi connectivity index (χ2v) is 6.57. The molecule has 0 aliphatic carbocycles. The number of halogens is 3. The average molecular weight is 391 g/mol. The maximum absolute atomic E-state index is 12.7. The fourth-order valence-electron chi connectivity index (χ4n) is 2.94. The van der Waals surface area contributed by atoms with Gasteiger partial charge in [-0.2, -0.15) is 5.10 Å². The van der Waals surface area contributed by atoms with E-state index in [0.29, 0.717) is 5.56 Å². The van der Waals surface area contributed by atoms with E-state index >= 15 is 0 Å². The Labute approximate surface area is 161 Å². The molecule has 28 heavy (non-hydrogen) atoms. The molecule has 1 aliphatic rings. The van der Waals surface area contributed by atoms with Gasteiger partial charge in [-0.3, -0.25) is 9.80 Å². The third-order valence-electron chi connectivity index (χ3n) is 4.34. The summed E-state index contributed by atoms with van der Waals surface area (Å²) in [5, 5.41) is 6.28. The molecule has 2 aromatic rings. The molecule has 0 aromatic heterocycles. The van der Waals surface area contributed by atoms with Crippen molar-refractivity contribution in [1.82, 2.24) is 4.90 Å². The molecule has 5 nitrogen and oxygen atoms in total. The molecule has 2 aromatic carbocycles. The summed E-state index contributed by atoms with van der Waals surface area (Å²) >= 11 is 0. The SMILES string of the molecule is CC1=NN(c2ccc(C(=O)N(C)Cc3ccccc3OC(F)(F)F)cc2)CC1. The smallest absolute Gasteiger partial charge is 0.405 e. The summed E-state index contributed by atoms with van der Waals surface area (Å²) in [6, 6.07) is 12.8. The maximum atomic E-state index is 12.7. The number of amides is 1. The molecule has 0 saturated heterocycles. The molecule has 0 saturated carbocycles. The number of anilines is 1. The minimum atomic E-state index is -4.79. The van der Waals surface area contributed by atoms with Crippen LogP contribution in [0.4, 0.5) is 18.9 Å². The summed E-state index contributed by atoms with van der Waals surface area (Å²) in [4.78, 5) is 14.0. The van der Waals surface area contributed by atoms with Crippen LogP contribution in [0.2, 0.25) is 0 Å². The van der Waals surface area contributed by atoms with Crippen LogP contribution in [0.5, 0.6) is 5.75 Å². The number of nitrogens with zero attached hydrogens (tertiary/aromatic N) is 3. The van der Waals surface area contributed by atoms with Crippen molar-refractivity contribution in [3.63, 3.8) is 0 Å². The summed E-state index contributed by atoms with van der Waals surface area (Å²) in [6.45, 7) is 2.75. The summed E-state index contributed by atoms with van der Waals surface area (Å²) in [7, 11) is 1.54. The molecule has 1 heterocycles. The largest absolute Gasteiger partial charge is 0.573 e. The van der Waals surface area contributed by atoms with Gasteiger partial charge >= 0.3 is 6.36 Å². The van der Waals surface area contributed by atoms with Crippen molar-refractivity contribution < 1.29 is 22.7 Å². The van der Waals surface area contributed by atoms with Gasteiger partial charge in [0.2, 0.25) is 0 Å². The van der Waals surface area contributed by atoms with E-state index in [2.05, 4.69) is 9.84 Å². The fourth-order valence-corrected chi connectivity index (χ4v) is 2.94. The van der Waals surface area contributed by atoms with Gasteiger partial charge in [-0.1, -0.05) is 18.2 Å². The van der Waals surface area contributed by atoms with Crippen molar-refractivity contribution in [1.29, 1.82) is 0 Å². The Balaban J connectivity index is 1.70. The number of benzene rings is 2. The molecule has 0 unspecified atom stereocenters. The lowest BCUT2D eigenvalue weighted by Crippen LogP contribution is -2.27. The number of carbonyl (C=O) groups excluding carboxylic acids is 1. The summed E-state index contributed by atoms with van der Waals surface area (Å²) in [5.74, 6) is -0.610. The van der Waals surface area contributed by atoms with E-state index in [1.54, 1.807) is 18.2 Å². The van der Waals surface area contributed by atoms with Crippen molar-refractivity contribution in [2.75, 3.05) is 18.6 Å². The van der Waals surface area contributed by atoms with E-state index in [1.807, 2.05) is 24.1 Å². The van der Waals surface area contributed by atoms with Crippen molar-refractivity contribution in [2.24, 2.45) is 5.10 Å². The predicted molar refractivity (Wildman–Crippen MR) is 100 cm³/mol. The first-order valence-electron chi connectivity index (χ1n) is 8.74. The van der Waals surface area contributed by atoms with E-state index < -0.39 is 6.36 Å². The highest BCUT2D eigenvalue weighted by Crippen LogP contribution is 2.27. The van der Waals surface area contributed by atoms with Crippen LogP contribution < -0.4 is 9.75 Å². The van der Waals surface area contributed by atoms with Gasteiger partial charge in [-0.05, 0) is 37.3 Å². The summed E-state index contributed by atoms with van der Waals surface area (Å²) < 4.78 is 41.7. The standard InChI is InChI=1S/C20H20F3N3O2/c1-14-11-12-26(24-14)17-9-7-15(8-10-17)19(27)25(2)13-16-5-3-4-6-18(16)28-20(21,22)23/h3-10H,11-13H2,1-2H3. The molecule has 0 fully saturated rings. The van der Waals surface area contributed by atoms with E-state index in [1.165, 1.54) is 30.1 Å². The number of hydrogen-bond donors (Lipinski definition) is 0. The van der Waals surface area contributed by atoms with Gasteiger partial charge in [-0.25, -0.2) is 0 Å². The molecule has 3 rings (SSSR count). The van der Waals surface area contributed by atoms with Crippen LogP contribution in [0.1, 0.15) is 29.3 Å². The number of rotatable bonds is 5. The van der Waals surface area contributed by atoms with Gasteiger partial charge in [0, 0.05) is 43.4 Å². The first kappa shape index (κ1) is 19.7. The Kier molecular flexibility index (Phi) is 5.58. The second-order valence-electron chi connectivity index (χ2n) is 6.57. The second kappa shape index (κ2) is 7.92. The Morgan fingerprint density at radius 3 is 2.46 bits per heavy atom. The Hall–Kier alpha value is -3.03. The third-order valence-corrected chi connectivity index (χ3v) is 4.34. The number of alkyl halides is 3. The van der Waals surface area contributed by atoms with Gasteiger partial charge in [0.15, 0.2) is 0 Å². The zero-order valence-electron chi connectivity index (χ0n) is 15.5. The van der Waals surface area contributed by atoms with Crippen LogP contribution in [0.25, 0.3) is 0 Å². The third kappa shape index (κ3) is 4.82. The van der Waals surface area contributed by atoms with E-state index in [0.717, 1.165) is 24.4 Å². The van der Waals surface area contributed by atoms with Crippen LogP contribution in [0, 0.1) is 0 Å². The molecular weight excluding hydrogens is 371 g/mol. The lowest BCUT2D eigenvalue weighted by atomic mass is 10.1. The molecular formula is C20H20F3N3O2. The highest BCUT2D eigenvalue weighted by Gasteiger charge is 2.32. The lowest BCUT2D eigenvalue weighted by molar-refractivity contribution is -0.275. The summed E-state index contributed by atoms with van der Waals surface area (Å²) in [6.07, 6.45) is -3.88. The molecule has 8 heteroatoms. The lowest BCUT2D eigenvalue weighted by Gasteiger charge is -2.20. The molecule has 1 amide bonds. The highest BCUT2D eigenvalue weighted by molar-refractivity contribution is 5.94. The monoisotopic (exact) mass is 391 g/mol. The number of hydrogen-bond acceptors (Lipinski definition) is 4. The van der Waals surface area contributed by atoms with Crippen LogP contribution >= 0.6 is 0 Å². The Bertz CT molecular complexity index is 879. The minimum Gasteiger partial charge on any atom is -0.405 e. The fraction of sp³-hybridized carbons (Fsp3) is 0.300. The number of ether oxygens (including phenoxy) is 1. The number of carbonyl (C=O) groups is 1. The minimum absolute atomic E-state index is 0.0115. The molecule has 0 N–H and O–H groups in total. The molecule has 0 atom stereocenters. The van der Waals surface area contributed by atoms with Gasteiger partial charge in [0.25, 0.3) is 5.91 Å². The van der Waals surface area contributed by atoms with E-state index in [9.17, 15) is 18.0 Å². The van der Waals surface area contributed by atoms with Gasteiger partial charge in [0.05, 0.1) is 5.69 Å². The average Bonchev–Trinajstić information content (AvgIpc) is 3.08. The zero-order chi connectivity index (χ0) is 20.3. The van der Waals surface area contributed by atoms with Gasteiger partial charge in [0.1, 0.15) is 5.75 Å². The topological polar surface area (TPSA) is 45.1 Å². The van der Waals surface area contributed by atoms with Gasteiger partial charge < -0.3 is 9.64 Å². The molecule has 0 spiro atoms. The van der Waals surface area contributed by atoms with E-state index in [-0.39, 0.29) is 23.8 Å². The molecule has 148 valence electrons. The Morgan fingerprint density at radius 2 is 1.86 bits per heavy atom. The van der Waals surface area contributed by atoms with Crippen molar-refractivity contribution >= 4 is 17.3 Å². The zero-order valence-corrected chi connectivity index (χ0v) is 15.5. The van der Waals surface area contributed by atoms with Crippen molar-refractivity contribution in [2.45, 2.75) is 26.3 Å². The molecule has 0 bridgehead atoms. The predicted octanol–water partition coefficient (Wildman–Crippen LogP) is 4.44. The van der Waals surface area contributed by atoms with Crippen molar-refractivity contribution in [3.8, 4) is 5.75 Å². The number of hydrazone groups is 1. The first-order chi connectivity index (χ1) is 13.2. The Morgan fingerprint density at radius 1 is 1.18 bits per heavy atom. The normalized spacial score (nSPS) is 14.0. The van der Waals surface area contributed by atoms with Crippen LogP contribution in [0.3, 0.4) is 0 Å².